The van der Waals surface area contributed by atoms with Gasteiger partial charge in [-0.05, 0) is 36.9 Å². The van der Waals surface area contributed by atoms with Crippen molar-refractivity contribution in [3.8, 4) is 11.5 Å². The fourth-order valence-electron chi connectivity index (χ4n) is 3.80. The first-order chi connectivity index (χ1) is 16.5. The molecule has 1 fully saturated rings. The maximum atomic E-state index is 12.8. The molecule has 34 heavy (non-hydrogen) atoms. The SMILES string of the molecule is CCN1CCN(C(=O)c2ccc(Cn3ccsc3=NC(=O)c3ccc(OC)c(OC)c3)o2)CC1. The molecule has 3 aromatic rings. The van der Waals surface area contributed by atoms with E-state index in [0.29, 0.717) is 53.0 Å². The molecule has 1 aliphatic heterocycles. The zero-order valence-corrected chi connectivity index (χ0v) is 20.3. The molecule has 10 heteroatoms. The number of methoxy groups -OCH3 is 2. The Kier molecular flexibility index (Phi) is 7.49. The van der Waals surface area contributed by atoms with Gasteiger partial charge in [-0.1, -0.05) is 6.92 Å². The van der Waals surface area contributed by atoms with Gasteiger partial charge in [0.1, 0.15) is 5.76 Å². The predicted molar refractivity (Wildman–Crippen MR) is 128 cm³/mol. The summed E-state index contributed by atoms with van der Waals surface area (Å²) in [4.78, 5) is 34.5. The molecule has 0 atom stereocenters. The summed E-state index contributed by atoms with van der Waals surface area (Å²) in [7, 11) is 3.06. The summed E-state index contributed by atoms with van der Waals surface area (Å²) in [5.74, 6) is 1.47. The van der Waals surface area contributed by atoms with Crippen LogP contribution in [0.5, 0.6) is 11.5 Å². The van der Waals surface area contributed by atoms with Gasteiger partial charge in [-0.25, -0.2) is 0 Å². The van der Waals surface area contributed by atoms with Gasteiger partial charge in [-0.3, -0.25) is 9.59 Å². The Labute approximate surface area is 201 Å². The number of carbonyl (C=O) groups excluding carboxylic acids is 2. The van der Waals surface area contributed by atoms with Crippen LogP contribution in [0, 0.1) is 0 Å². The van der Waals surface area contributed by atoms with E-state index >= 15 is 0 Å². The van der Waals surface area contributed by atoms with Crippen LogP contribution >= 0.6 is 11.3 Å². The number of hydrogen-bond acceptors (Lipinski definition) is 7. The van der Waals surface area contributed by atoms with Crippen molar-refractivity contribution in [3.05, 3.63) is 63.8 Å². The Morgan fingerprint density at radius 2 is 1.82 bits per heavy atom. The van der Waals surface area contributed by atoms with E-state index in [-0.39, 0.29) is 5.91 Å². The van der Waals surface area contributed by atoms with Crippen molar-refractivity contribution in [2.24, 2.45) is 4.99 Å². The number of hydrogen-bond donors (Lipinski definition) is 0. The molecule has 0 spiro atoms. The molecule has 0 N–H and O–H groups in total. The molecule has 1 aromatic carbocycles. The molecule has 1 aliphatic rings. The zero-order chi connectivity index (χ0) is 24.1. The lowest BCUT2D eigenvalue weighted by Gasteiger charge is -2.33. The smallest absolute Gasteiger partial charge is 0.289 e. The van der Waals surface area contributed by atoms with Gasteiger partial charge in [0, 0.05) is 43.3 Å². The molecule has 0 bridgehead atoms. The minimum absolute atomic E-state index is 0.0918. The summed E-state index contributed by atoms with van der Waals surface area (Å²) >= 11 is 1.35. The Morgan fingerprint density at radius 3 is 2.53 bits per heavy atom. The van der Waals surface area contributed by atoms with E-state index in [2.05, 4.69) is 16.8 Å². The number of nitrogens with zero attached hydrogens (tertiary/aromatic N) is 4. The topological polar surface area (TPSA) is 89.5 Å². The molecule has 0 unspecified atom stereocenters. The average Bonchev–Trinajstić information content (AvgIpc) is 3.53. The standard InChI is InChI=1S/C24H28N4O5S/c1-4-26-9-11-27(12-10-26)23(30)20-8-6-18(33-20)16-28-13-14-34-24(28)25-22(29)17-5-7-19(31-2)21(15-17)32-3/h5-8,13-15H,4,9-12,16H2,1-3H3. The Hall–Kier alpha value is -3.37. The number of likely N-dealkylation sites (N-methyl/N-ethyl adjacent to an activating group) is 1. The lowest BCUT2D eigenvalue weighted by molar-refractivity contribution is 0.0610. The molecular formula is C24H28N4O5S. The summed E-state index contributed by atoms with van der Waals surface area (Å²) in [6.07, 6.45) is 1.83. The van der Waals surface area contributed by atoms with Gasteiger partial charge in [-0.15, -0.1) is 11.3 Å². The minimum atomic E-state index is -0.390. The van der Waals surface area contributed by atoms with Crippen LogP contribution in [0.3, 0.4) is 0 Å². The van der Waals surface area contributed by atoms with Gasteiger partial charge in [0.25, 0.3) is 11.8 Å². The Bertz CT molecular complexity index is 1220. The van der Waals surface area contributed by atoms with Crippen LogP contribution in [-0.4, -0.2) is 73.1 Å². The minimum Gasteiger partial charge on any atom is -0.493 e. The highest BCUT2D eigenvalue weighted by Crippen LogP contribution is 2.27. The van der Waals surface area contributed by atoms with E-state index in [1.165, 1.54) is 25.6 Å². The van der Waals surface area contributed by atoms with Gasteiger partial charge in [0.2, 0.25) is 0 Å². The Balaban J connectivity index is 1.47. The molecule has 0 aliphatic carbocycles. The first-order valence-corrected chi connectivity index (χ1v) is 12.0. The van der Waals surface area contributed by atoms with E-state index < -0.39 is 5.91 Å². The molecule has 180 valence electrons. The fraction of sp³-hybridized carbons (Fsp3) is 0.375. The van der Waals surface area contributed by atoms with Crippen LogP contribution in [0.25, 0.3) is 0 Å². The second kappa shape index (κ2) is 10.7. The number of carbonyl (C=O) groups is 2. The van der Waals surface area contributed by atoms with Gasteiger partial charge in [0.15, 0.2) is 22.1 Å². The lowest BCUT2D eigenvalue weighted by atomic mass is 10.2. The van der Waals surface area contributed by atoms with Crippen molar-refractivity contribution in [1.82, 2.24) is 14.4 Å². The van der Waals surface area contributed by atoms with Crippen LogP contribution in [0.2, 0.25) is 0 Å². The second-order valence-electron chi connectivity index (χ2n) is 7.79. The van der Waals surface area contributed by atoms with E-state index in [4.69, 9.17) is 13.9 Å². The van der Waals surface area contributed by atoms with Crippen LogP contribution in [0.4, 0.5) is 0 Å². The third-order valence-electron chi connectivity index (χ3n) is 5.79. The number of thiazole rings is 1. The van der Waals surface area contributed by atoms with E-state index in [9.17, 15) is 9.59 Å². The molecule has 0 saturated carbocycles. The number of piperazine rings is 1. The zero-order valence-electron chi connectivity index (χ0n) is 19.5. The first-order valence-electron chi connectivity index (χ1n) is 11.1. The molecular weight excluding hydrogens is 456 g/mol. The summed E-state index contributed by atoms with van der Waals surface area (Å²) < 4.78 is 18.2. The third kappa shape index (κ3) is 5.23. The lowest BCUT2D eigenvalue weighted by Crippen LogP contribution is -2.48. The third-order valence-corrected chi connectivity index (χ3v) is 6.59. The van der Waals surface area contributed by atoms with E-state index in [1.54, 1.807) is 30.3 Å². The molecule has 0 radical (unpaired) electrons. The number of benzene rings is 1. The van der Waals surface area contributed by atoms with Gasteiger partial charge >= 0.3 is 0 Å². The van der Waals surface area contributed by atoms with Gasteiger partial charge < -0.3 is 28.3 Å². The molecule has 9 nitrogen and oxygen atoms in total. The molecule has 1 saturated heterocycles. The van der Waals surface area contributed by atoms with Crippen LogP contribution in [0.1, 0.15) is 33.6 Å². The van der Waals surface area contributed by atoms with Crippen molar-refractivity contribution in [2.75, 3.05) is 46.9 Å². The highest BCUT2D eigenvalue weighted by atomic mass is 32.1. The molecule has 2 aromatic heterocycles. The summed E-state index contributed by atoms with van der Waals surface area (Å²) in [5.41, 5.74) is 0.395. The maximum absolute atomic E-state index is 12.8. The largest absolute Gasteiger partial charge is 0.493 e. The van der Waals surface area contributed by atoms with Crippen LogP contribution in [-0.2, 0) is 6.54 Å². The number of rotatable bonds is 7. The van der Waals surface area contributed by atoms with Crippen molar-refractivity contribution in [3.63, 3.8) is 0 Å². The number of aromatic nitrogens is 1. The van der Waals surface area contributed by atoms with Crippen LogP contribution in [0.15, 0.2) is 51.3 Å². The summed E-state index contributed by atoms with van der Waals surface area (Å²) in [6.45, 7) is 6.62. The number of ether oxygens (including phenoxy) is 2. The van der Waals surface area contributed by atoms with Crippen molar-refractivity contribution in [1.29, 1.82) is 0 Å². The second-order valence-corrected chi connectivity index (χ2v) is 8.67. The normalized spacial score (nSPS) is 14.9. The van der Waals surface area contributed by atoms with Gasteiger partial charge in [-0.2, -0.15) is 4.99 Å². The quantitative estimate of drug-likeness (QED) is 0.512. The van der Waals surface area contributed by atoms with Gasteiger partial charge in [0.05, 0.1) is 20.8 Å². The predicted octanol–water partition coefficient (Wildman–Crippen LogP) is 2.73. The first kappa shape index (κ1) is 23.8. The summed E-state index contributed by atoms with van der Waals surface area (Å²) in [5, 5.41) is 1.85. The monoisotopic (exact) mass is 484 g/mol. The van der Waals surface area contributed by atoms with Crippen molar-refractivity contribution < 1.29 is 23.5 Å². The van der Waals surface area contributed by atoms with Crippen molar-refractivity contribution in [2.45, 2.75) is 13.5 Å². The highest BCUT2D eigenvalue weighted by molar-refractivity contribution is 7.07. The molecule has 2 amide bonds. The highest BCUT2D eigenvalue weighted by Gasteiger charge is 2.23. The Morgan fingerprint density at radius 1 is 1.06 bits per heavy atom. The van der Waals surface area contributed by atoms with E-state index in [0.717, 1.165) is 19.6 Å². The fourth-order valence-corrected chi connectivity index (χ4v) is 4.52. The average molecular weight is 485 g/mol. The summed E-state index contributed by atoms with van der Waals surface area (Å²) in [6, 6.07) is 8.43. The van der Waals surface area contributed by atoms with E-state index in [1.807, 2.05) is 21.0 Å². The molecule has 4 rings (SSSR count). The maximum Gasteiger partial charge on any atom is 0.289 e. The number of furan rings is 1. The molecule has 3 heterocycles. The van der Waals surface area contributed by atoms with Crippen LogP contribution < -0.4 is 14.3 Å². The number of amides is 2. The van der Waals surface area contributed by atoms with Crippen molar-refractivity contribution >= 4 is 23.2 Å².